The molecular weight excluding hydrogens is 552 g/mol. The lowest BCUT2D eigenvalue weighted by Gasteiger charge is -2.26. The standard InChI is InChI=1S/C32H38N4O5S/c1-3-22-8-7-11-26-23(20-34(31(22)26)21-30(37)33-24-9-5-6-10-24)18-28-27-19-25(12-13-29(27)36(4-2)32(28)38)42(39,40)35-14-16-41-17-15-35/h7-8,11-13,18-20,24H,3-6,9-10,14-17,21H2,1-2H3,(H,33,37)/b28-18-. The molecule has 0 unspecified atom stereocenters. The number of carbonyl (C=O) groups is 2. The predicted molar refractivity (Wildman–Crippen MR) is 164 cm³/mol. The van der Waals surface area contributed by atoms with Crippen LogP contribution < -0.4 is 10.2 Å². The Morgan fingerprint density at radius 1 is 1.10 bits per heavy atom. The lowest BCUT2D eigenvalue weighted by Crippen LogP contribution is -2.40. The third-order valence-corrected chi connectivity index (χ3v) is 10.6. The van der Waals surface area contributed by atoms with Crippen molar-refractivity contribution < 1.29 is 22.7 Å². The average molecular weight is 591 g/mol. The van der Waals surface area contributed by atoms with Crippen LogP contribution in [0.2, 0.25) is 0 Å². The van der Waals surface area contributed by atoms with Crippen LogP contribution in [-0.4, -0.2) is 68.0 Å². The molecule has 1 aliphatic carbocycles. The van der Waals surface area contributed by atoms with Crippen LogP contribution in [0.4, 0.5) is 5.69 Å². The number of sulfonamides is 1. The van der Waals surface area contributed by atoms with Crippen LogP contribution >= 0.6 is 0 Å². The minimum atomic E-state index is -3.74. The fourth-order valence-electron chi connectivity index (χ4n) is 6.53. The topological polar surface area (TPSA) is 101 Å². The summed E-state index contributed by atoms with van der Waals surface area (Å²) in [5.41, 5.74) is 4.67. The van der Waals surface area contributed by atoms with Crippen molar-refractivity contribution in [3.05, 3.63) is 59.3 Å². The molecule has 0 spiro atoms. The number of carbonyl (C=O) groups excluding carboxylic acids is 2. The van der Waals surface area contributed by atoms with Crippen molar-refractivity contribution in [1.29, 1.82) is 0 Å². The molecule has 0 atom stereocenters. The smallest absolute Gasteiger partial charge is 0.258 e. The quantitative estimate of drug-likeness (QED) is 0.397. The van der Waals surface area contributed by atoms with Gasteiger partial charge in [0.05, 0.1) is 29.3 Å². The lowest BCUT2D eigenvalue weighted by atomic mass is 10.0. The maximum absolute atomic E-state index is 13.7. The fraction of sp³-hybridized carbons (Fsp3) is 0.438. The van der Waals surface area contributed by atoms with E-state index in [1.54, 1.807) is 23.1 Å². The van der Waals surface area contributed by atoms with Gasteiger partial charge in [-0.25, -0.2) is 8.42 Å². The number of nitrogens with one attached hydrogen (secondary N) is 1. The van der Waals surface area contributed by atoms with Gasteiger partial charge in [0, 0.05) is 54.0 Å². The molecule has 222 valence electrons. The summed E-state index contributed by atoms with van der Waals surface area (Å²) in [5, 5.41) is 4.14. The van der Waals surface area contributed by atoms with E-state index in [-0.39, 0.29) is 29.3 Å². The highest BCUT2D eigenvalue weighted by atomic mass is 32.2. The highest BCUT2D eigenvalue weighted by molar-refractivity contribution is 7.89. The van der Waals surface area contributed by atoms with E-state index >= 15 is 0 Å². The first kappa shape index (κ1) is 28.6. The number of benzene rings is 2. The van der Waals surface area contributed by atoms with E-state index < -0.39 is 10.0 Å². The Morgan fingerprint density at radius 3 is 2.57 bits per heavy atom. The van der Waals surface area contributed by atoms with Gasteiger partial charge < -0.3 is 19.5 Å². The molecule has 3 aliphatic rings. The number of hydrogen-bond donors (Lipinski definition) is 1. The Bertz CT molecular complexity index is 1660. The molecule has 2 amide bonds. The molecule has 42 heavy (non-hydrogen) atoms. The Balaban J connectivity index is 1.42. The van der Waals surface area contributed by atoms with E-state index in [1.807, 2.05) is 35.9 Å². The van der Waals surface area contributed by atoms with E-state index in [0.717, 1.165) is 54.1 Å². The van der Waals surface area contributed by atoms with E-state index in [2.05, 4.69) is 18.3 Å². The minimum Gasteiger partial charge on any atom is -0.379 e. The Morgan fingerprint density at radius 2 is 1.86 bits per heavy atom. The van der Waals surface area contributed by atoms with Gasteiger partial charge >= 0.3 is 0 Å². The number of nitrogens with zero attached hydrogens (tertiary/aromatic N) is 3. The molecule has 3 aromatic rings. The van der Waals surface area contributed by atoms with Crippen molar-refractivity contribution in [2.75, 3.05) is 37.7 Å². The first-order valence-electron chi connectivity index (χ1n) is 15.0. The Kier molecular flexibility index (Phi) is 7.95. The molecule has 1 N–H and O–H groups in total. The summed E-state index contributed by atoms with van der Waals surface area (Å²) in [6.07, 6.45) is 8.94. The number of anilines is 1. The van der Waals surface area contributed by atoms with Crippen LogP contribution in [0.15, 0.2) is 47.5 Å². The van der Waals surface area contributed by atoms with Crippen LogP contribution in [-0.2, 0) is 37.3 Å². The molecular formula is C32H38N4O5S. The predicted octanol–water partition coefficient (Wildman–Crippen LogP) is 4.19. The number of fused-ring (bicyclic) bond motifs is 2. The summed E-state index contributed by atoms with van der Waals surface area (Å²) in [7, 11) is -3.74. The van der Waals surface area contributed by atoms with Crippen molar-refractivity contribution in [1.82, 2.24) is 14.2 Å². The molecule has 1 aromatic heterocycles. The summed E-state index contributed by atoms with van der Waals surface area (Å²) >= 11 is 0. The van der Waals surface area contributed by atoms with Gasteiger partial charge in [0.25, 0.3) is 5.91 Å². The van der Waals surface area contributed by atoms with E-state index in [0.29, 0.717) is 49.7 Å². The maximum Gasteiger partial charge on any atom is 0.258 e. The van der Waals surface area contributed by atoms with Crippen molar-refractivity contribution in [2.45, 2.75) is 63.4 Å². The van der Waals surface area contributed by atoms with Crippen LogP contribution in [0.1, 0.15) is 56.2 Å². The van der Waals surface area contributed by atoms with Gasteiger partial charge in [-0.2, -0.15) is 4.31 Å². The number of para-hydroxylation sites is 1. The Hall–Kier alpha value is -3.47. The summed E-state index contributed by atoms with van der Waals surface area (Å²) in [6.45, 7) is 5.98. The first-order chi connectivity index (χ1) is 20.3. The zero-order valence-corrected chi connectivity index (χ0v) is 25.1. The van der Waals surface area contributed by atoms with Crippen LogP contribution in [0.3, 0.4) is 0 Å². The number of ether oxygens (including phenoxy) is 1. The third-order valence-electron chi connectivity index (χ3n) is 8.68. The number of aryl methyl sites for hydroxylation is 1. The van der Waals surface area contributed by atoms with E-state index in [1.165, 1.54) is 4.31 Å². The van der Waals surface area contributed by atoms with Crippen LogP contribution in [0.25, 0.3) is 22.6 Å². The molecule has 1 saturated carbocycles. The summed E-state index contributed by atoms with van der Waals surface area (Å²) in [6, 6.07) is 11.3. The lowest BCUT2D eigenvalue weighted by molar-refractivity contribution is -0.122. The molecule has 9 nitrogen and oxygen atoms in total. The first-order valence-corrected chi connectivity index (χ1v) is 16.4. The van der Waals surface area contributed by atoms with Gasteiger partial charge in [-0.15, -0.1) is 0 Å². The number of rotatable bonds is 8. The molecule has 3 heterocycles. The van der Waals surface area contributed by atoms with Crippen LogP contribution in [0.5, 0.6) is 0 Å². The highest BCUT2D eigenvalue weighted by Crippen LogP contribution is 2.40. The van der Waals surface area contributed by atoms with Gasteiger partial charge in [0.1, 0.15) is 6.54 Å². The van der Waals surface area contributed by atoms with Crippen molar-refractivity contribution in [2.24, 2.45) is 0 Å². The number of likely N-dealkylation sites (N-methyl/N-ethyl adjacent to an activating group) is 1. The maximum atomic E-state index is 13.7. The van der Waals surface area contributed by atoms with E-state index in [4.69, 9.17) is 4.74 Å². The van der Waals surface area contributed by atoms with Gasteiger partial charge in [-0.3, -0.25) is 9.59 Å². The summed E-state index contributed by atoms with van der Waals surface area (Å²) in [4.78, 5) is 28.6. The molecule has 2 aliphatic heterocycles. The second-order valence-corrected chi connectivity index (χ2v) is 13.2. The van der Waals surface area contributed by atoms with Gasteiger partial charge in [-0.05, 0) is 56.0 Å². The molecule has 1 saturated heterocycles. The zero-order valence-electron chi connectivity index (χ0n) is 24.3. The average Bonchev–Trinajstić information content (AvgIpc) is 3.70. The number of hydrogen-bond acceptors (Lipinski definition) is 5. The zero-order chi connectivity index (χ0) is 29.4. The van der Waals surface area contributed by atoms with Gasteiger partial charge in [-0.1, -0.05) is 38.0 Å². The fourth-order valence-corrected chi connectivity index (χ4v) is 7.97. The summed E-state index contributed by atoms with van der Waals surface area (Å²) in [5.74, 6) is -0.179. The molecule has 2 fully saturated rings. The normalized spacial score (nSPS) is 19.2. The van der Waals surface area contributed by atoms with Crippen LogP contribution in [0, 0.1) is 0 Å². The van der Waals surface area contributed by atoms with Gasteiger partial charge in [0.2, 0.25) is 15.9 Å². The SMILES string of the molecule is CCc1cccc2c(/C=C3\C(=O)N(CC)c4ccc(S(=O)(=O)N5CCOCC5)cc43)cn(CC(=O)NC3CCCC3)c12. The van der Waals surface area contributed by atoms with Crippen molar-refractivity contribution in [3.63, 3.8) is 0 Å². The second kappa shape index (κ2) is 11.7. The Labute approximate surface area is 247 Å². The monoisotopic (exact) mass is 590 g/mol. The largest absolute Gasteiger partial charge is 0.379 e. The molecule has 6 rings (SSSR count). The third kappa shape index (κ3) is 5.16. The minimum absolute atomic E-state index is 0.0127. The van der Waals surface area contributed by atoms with Gasteiger partial charge in [0.15, 0.2) is 0 Å². The van der Waals surface area contributed by atoms with E-state index in [9.17, 15) is 18.0 Å². The second-order valence-electron chi connectivity index (χ2n) is 11.2. The number of morpholine rings is 1. The highest BCUT2D eigenvalue weighted by Gasteiger charge is 2.34. The van der Waals surface area contributed by atoms with Crippen molar-refractivity contribution >= 4 is 50.1 Å². The van der Waals surface area contributed by atoms with Crippen molar-refractivity contribution in [3.8, 4) is 0 Å². The number of aromatic nitrogens is 1. The molecule has 0 bridgehead atoms. The number of amides is 2. The molecule has 0 radical (unpaired) electrons. The molecule has 10 heteroatoms. The summed E-state index contributed by atoms with van der Waals surface area (Å²) < 4.78 is 35.7. The molecule has 2 aromatic carbocycles.